The Balaban J connectivity index is 1.31. The number of hydrogen-bond acceptors (Lipinski definition) is 2. The number of aryl methyl sites for hydroxylation is 2. The van der Waals surface area contributed by atoms with Crippen molar-refractivity contribution in [1.29, 1.82) is 0 Å². The highest BCUT2D eigenvalue weighted by atomic mass is 32.1. The molecule has 7 rings (SSSR count). The lowest BCUT2D eigenvalue weighted by atomic mass is 9.97. The van der Waals surface area contributed by atoms with E-state index in [1.54, 1.807) is 0 Å². The third-order valence-electron chi connectivity index (χ3n) is 8.25. The van der Waals surface area contributed by atoms with Gasteiger partial charge in [0.25, 0.3) is 0 Å². The second-order valence-electron chi connectivity index (χ2n) is 11.0. The topological polar surface area (TPSA) is 0 Å². The molecular weight excluding hydrogens is 521 g/mol. The number of rotatable bonds is 8. The molecule has 0 aliphatic carbocycles. The Morgan fingerprint density at radius 3 is 1.32 bits per heavy atom. The minimum absolute atomic E-state index is 1.16. The number of hydrogen-bond donors (Lipinski definition) is 0. The van der Waals surface area contributed by atoms with Crippen molar-refractivity contribution >= 4 is 64.4 Å². The molecule has 2 heterocycles. The third kappa shape index (κ3) is 4.64. The minimum atomic E-state index is 1.16. The summed E-state index contributed by atoms with van der Waals surface area (Å²) in [4.78, 5) is 2.72. The summed E-state index contributed by atoms with van der Waals surface area (Å²) < 4.78 is 2.73. The van der Waals surface area contributed by atoms with E-state index in [4.69, 9.17) is 0 Å². The maximum atomic E-state index is 2.42. The van der Waals surface area contributed by atoms with E-state index in [2.05, 4.69) is 111 Å². The minimum Gasteiger partial charge on any atom is -0.135 e. The molecule has 0 aliphatic rings. The SMILES string of the molecule is CCCCc1cccc(-c2cc3c(ccc4c3ccc3c5cc(-c6cccc(CCCC)c6)sc5ccc34)s2)c1. The Morgan fingerprint density at radius 2 is 0.875 bits per heavy atom. The number of benzene rings is 5. The van der Waals surface area contributed by atoms with E-state index in [0.29, 0.717) is 0 Å². The molecule has 5 aromatic carbocycles. The van der Waals surface area contributed by atoms with E-state index in [1.807, 2.05) is 22.7 Å². The van der Waals surface area contributed by atoms with E-state index in [0.717, 1.165) is 12.8 Å². The van der Waals surface area contributed by atoms with Crippen LogP contribution in [0.3, 0.4) is 0 Å². The molecule has 0 saturated carbocycles. The first kappa shape index (κ1) is 25.5. The molecule has 0 aliphatic heterocycles. The van der Waals surface area contributed by atoms with Gasteiger partial charge in [0.2, 0.25) is 0 Å². The first-order valence-electron chi connectivity index (χ1n) is 14.7. The second-order valence-corrected chi connectivity index (χ2v) is 13.2. The highest BCUT2D eigenvalue weighted by Gasteiger charge is 2.13. The Kier molecular flexibility index (Phi) is 6.91. The summed E-state index contributed by atoms with van der Waals surface area (Å²) in [6.07, 6.45) is 7.28. The van der Waals surface area contributed by atoms with Gasteiger partial charge in [-0.25, -0.2) is 0 Å². The summed E-state index contributed by atoms with van der Waals surface area (Å²) in [5.41, 5.74) is 5.57. The van der Waals surface area contributed by atoms with Crippen molar-refractivity contribution in [2.75, 3.05) is 0 Å². The predicted octanol–water partition coefficient (Wildman–Crippen LogP) is 12.4. The summed E-state index contributed by atoms with van der Waals surface area (Å²) in [5, 5.41) is 8.15. The molecule has 40 heavy (non-hydrogen) atoms. The molecule has 0 saturated heterocycles. The molecule has 0 N–H and O–H groups in total. The normalized spacial score (nSPS) is 11.8. The van der Waals surface area contributed by atoms with Crippen molar-refractivity contribution in [2.24, 2.45) is 0 Å². The van der Waals surface area contributed by atoms with Crippen LogP contribution >= 0.6 is 22.7 Å². The molecule has 0 nitrogen and oxygen atoms in total. The van der Waals surface area contributed by atoms with Gasteiger partial charge in [-0.05, 0) is 93.7 Å². The fraction of sp³-hybridized carbons (Fsp3) is 0.211. The van der Waals surface area contributed by atoms with Gasteiger partial charge in [-0.2, -0.15) is 0 Å². The Labute approximate surface area is 244 Å². The maximum absolute atomic E-state index is 2.42. The zero-order valence-electron chi connectivity index (χ0n) is 23.3. The van der Waals surface area contributed by atoms with E-state index in [-0.39, 0.29) is 0 Å². The number of fused-ring (bicyclic) bond motifs is 7. The molecule has 2 heteroatoms. The van der Waals surface area contributed by atoms with Crippen LogP contribution in [0, 0.1) is 0 Å². The molecule has 0 radical (unpaired) electrons. The van der Waals surface area contributed by atoms with Gasteiger partial charge in [0.15, 0.2) is 0 Å². The third-order valence-corrected chi connectivity index (χ3v) is 10.6. The van der Waals surface area contributed by atoms with Gasteiger partial charge in [-0.1, -0.05) is 99.5 Å². The lowest BCUT2D eigenvalue weighted by molar-refractivity contribution is 0.795. The molecule has 0 bridgehead atoms. The molecule has 7 aromatic rings. The highest BCUT2D eigenvalue weighted by Crippen LogP contribution is 2.42. The zero-order valence-corrected chi connectivity index (χ0v) is 24.9. The van der Waals surface area contributed by atoms with Crippen LogP contribution in [0.15, 0.2) is 97.1 Å². The lowest BCUT2D eigenvalue weighted by Crippen LogP contribution is -1.84. The van der Waals surface area contributed by atoms with E-state index >= 15 is 0 Å². The summed E-state index contributed by atoms with van der Waals surface area (Å²) in [6, 6.07) is 37.2. The van der Waals surface area contributed by atoms with Gasteiger partial charge in [-0.3, -0.25) is 0 Å². The first-order valence-corrected chi connectivity index (χ1v) is 16.4. The molecule has 0 spiro atoms. The Morgan fingerprint density at radius 1 is 0.450 bits per heavy atom. The first-order chi connectivity index (χ1) is 19.7. The van der Waals surface area contributed by atoms with E-state index < -0.39 is 0 Å². The standard InChI is InChI=1S/C38H34S2/c1-3-5-9-25-11-7-13-27(21-25)37-23-33-31-15-16-32-30(29(31)17-19-35(33)39-37)18-20-36-34(32)24-38(40-36)28-14-8-12-26(22-28)10-6-4-2/h7-8,11-24H,3-6,9-10H2,1-2H3. The molecular formula is C38H34S2. The van der Waals surface area contributed by atoms with Crippen LogP contribution in [0.25, 0.3) is 62.6 Å². The van der Waals surface area contributed by atoms with Crippen LogP contribution in [0.4, 0.5) is 0 Å². The summed E-state index contributed by atoms with van der Waals surface area (Å²) in [5.74, 6) is 0. The van der Waals surface area contributed by atoms with Crippen molar-refractivity contribution in [2.45, 2.75) is 52.4 Å². The monoisotopic (exact) mass is 554 g/mol. The van der Waals surface area contributed by atoms with E-state index in [9.17, 15) is 0 Å². The quantitative estimate of drug-likeness (QED) is 0.164. The maximum Gasteiger partial charge on any atom is 0.0355 e. The van der Waals surface area contributed by atoms with Gasteiger partial charge < -0.3 is 0 Å². The largest absolute Gasteiger partial charge is 0.135 e. The molecule has 0 atom stereocenters. The molecule has 2 aromatic heterocycles. The summed E-state index contributed by atoms with van der Waals surface area (Å²) in [7, 11) is 0. The zero-order chi connectivity index (χ0) is 27.1. The van der Waals surface area contributed by atoms with Crippen LogP contribution in [-0.2, 0) is 12.8 Å². The van der Waals surface area contributed by atoms with E-state index in [1.165, 1.54) is 99.4 Å². The molecule has 0 unspecified atom stereocenters. The van der Waals surface area contributed by atoms with Gasteiger partial charge in [0.05, 0.1) is 0 Å². The summed E-state index contributed by atoms with van der Waals surface area (Å²) in [6.45, 7) is 4.53. The van der Waals surface area contributed by atoms with Crippen LogP contribution in [-0.4, -0.2) is 0 Å². The van der Waals surface area contributed by atoms with Gasteiger partial charge in [-0.15, -0.1) is 22.7 Å². The van der Waals surface area contributed by atoms with Gasteiger partial charge in [0.1, 0.15) is 0 Å². The van der Waals surface area contributed by atoms with Gasteiger partial charge in [0, 0.05) is 29.9 Å². The van der Waals surface area contributed by atoms with Crippen LogP contribution in [0.5, 0.6) is 0 Å². The summed E-state index contributed by atoms with van der Waals surface area (Å²) >= 11 is 3.83. The Bertz CT molecular complexity index is 1840. The van der Waals surface area contributed by atoms with Crippen molar-refractivity contribution in [3.63, 3.8) is 0 Å². The average Bonchev–Trinajstić information content (AvgIpc) is 3.64. The van der Waals surface area contributed by atoms with Crippen molar-refractivity contribution < 1.29 is 0 Å². The number of thiophene rings is 2. The predicted molar refractivity (Wildman–Crippen MR) is 180 cm³/mol. The molecule has 198 valence electrons. The van der Waals surface area contributed by atoms with Crippen molar-refractivity contribution in [3.05, 3.63) is 108 Å². The van der Waals surface area contributed by atoms with Crippen molar-refractivity contribution in [3.8, 4) is 20.9 Å². The highest BCUT2D eigenvalue weighted by molar-refractivity contribution is 7.22. The molecule has 0 amide bonds. The van der Waals surface area contributed by atoms with Crippen molar-refractivity contribution in [1.82, 2.24) is 0 Å². The second kappa shape index (κ2) is 10.8. The smallest absolute Gasteiger partial charge is 0.0355 e. The fourth-order valence-corrected chi connectivity index (χ4v) is 8.22. The van der Waals surface area contributed by atoms with Crippen LogP contribution in [0.1, 0.15) is 50.7 Å². The Hall–Kier alpha value is -3.46. The van der Waals surface area contributed by atoms with Crippen LogP contribution < -0.4 is 0 Å². The average molecular weight is 555 g/mol. The number of unbranched alkanes of at least 4 members (excludes halogenated alkanes) is 2. The van der Waals surface area contributed by atoms with Gasteiger partial charge >= 0.3 is 0 Å². The van der Waals surface area contributed by atoms with Crippen LogP contribution in [0.2, 0.25) is 0 Å². The molecule has 0 fully saturated rings. The fourth-order valence-electron chi connectivity index (χ4n) is 6.07. The lowest BCUT2D eigenvalue weighted by Gasteiger charge is -2.06.